The van der Waals surface area contributed by atoms with E-state index in [9.17, 15) is 14.7 Å². The van der Waals surface area contributed by atoms with Crippen LogP contribution < -0.4 is 0 Å². The Morgan fingerprint density at radius 1 is 1.41 bits per heavy atom. The Hall–Kier alpha value is -1.62. The molecule has 0 radical (unpaired) electrons. The molecule has 27 heavy (non-hydrogen) atoms. The first kappa shape index (κ1) is 20.1. The molecular formula is C22H32O5. The first-order chi connectivity index (χ1) is 12.6. The molecule has 5 heteroatoms. The molecule has 1 heterocycles. The maximum absolute atomic E-state index is 12.4. The van der Waals surface area contributed by atoms with Crippen LogP contribution in [0.3, 0.4) is 0 Å². The molecule has 1 saturated carbocycles. The zero-order chi connectivity index (χ0) is 19.9. The second-order valence-corrected chi connectivity index (χ2v) is 9.18. The van der Waals surface area contributed by atoms with E-state index in [1.54, 1.807) is 19.9 Å². The highest BCUT2D eigenvalue weighted by molar-refractivity contribution is 5.93. The Kier molecular flexibility index (Phi) is 5.53. The Morgan fingerprint density at radius 2 is 2.11 bits per heavy atom. The molecule has 0 aromatic heterocycles. The Balaban J connectivity index is 1.93. The molecule has 1 unspecified atom stereocenters. The summed E-state index contributed by atoms with van der Waals surface area (Å²) in [5.74, 6) is 0.869. The zero-order valence-corrected chi connectivity index (χ0v) is 17.0. The van der Waals surface area contributed by atoms with Crippen molar-refractivity contribution >= 4 is 11.9 Å². The van der Waals surface area contributed by atoms with E-state index in [2.05, 4.69) is 13.8 Å². The fraction of sp³-hybridized carbons (Fsp3) is 0.727. The average molecular weight is 376 g/mol. The van der Waals surface area contributed by atoms with Gasteiger partial charge in [-0.05, 0) is 62.4 Å². The minimum Gasteiger partial charge on any atom is -0.462 e. The third-order valence-corrected chi connectivity index (χ3v) is 6.24. The number of fused-ring (bicyclic) bond motifs is 2. The highest BCUT2D eigenvalue weighted by Crippen LogP contribution is 2.56. The van der Waals surface area contributed by atoms with Gasteiger partial charge in [-0.15, -0.1) is 0 Å². The summed E-state index contributed by atoms with van der Waals surface area (Å²) < 4.78 is 11.2. The quantitative estimate of drug-likeness (QED) is 0.588. The molecule has 0 bridgehead atoms. The number of carbonyl (C=O) groups excluding carboxylic acids is 2. The highest BCUT2D eigenvalue weighted by Gasteiger charge is 2.53. The smallest absolute Gasteiger partial charge is 0.334 e. The summed E-state index contributed by atoms with van der Waals surface area (Å²) in [4.78, 5) is 24.2. The first-order valence-corrected chi connectivity index (χ1v) is 10.1. The summed E-state index contributed by atoms with van der Waals surface area (Å²) in [7, 11) is 0. The third kappa shape index (κ3) is 4.45. The van der Waals surface area contributed by atoms with Crippen LogP contribution in [-0.2, 0) is 19.1 Å². The van der Waals surface area contributed by atoms with E-state index in [0.29, 0.717) is 24.4 Å². The Morgan fingerprint density at radius 3 is 2.74 bits per heavy atom. The van der Waals surface area contributed by atoms with E-state index in [1.165, 1.54) is 6.92 Å². The van der Waals surface area contributed by atoms with Crippen molar-refractivity contribution in [3.63, 3.8) is 0 Å². The van der Waals surface area contributed by atoms with Gasteiger partial charge in [0.05, 0.1) is 5.60 Å². The van der Waals surface area contributed by atoms with Crippen LogP contribution in [0.1, 0.15) is 53.9 Å². The van der Waals surface area contributed by atoms with Gasteiger partial charge in [-0.3, -0.25) is 4.79 Å². The SMILES string of the molecule is CC(=O)OC1C[C@H](C)[C@H]2C[C@H]2C2=C(COC2=O)[C@H]1[C@@H](C)C/C=C/C(C)(C)O. The van der Waals surface area contributed by atoms with Crippen molar-refractivity contribution in [3.05, 3.63) is 23.3 Å². The van der Waals surface area contributed by atoms with Gasteiger partial charge in [-0.1, -0.05) is 26.0 Å². The molecule has 0 saturated heterocycles. The van der Waals surface area contributed by atoms with Crippen LogP contribution >= 0.6 is 0 Å². The normalized spacial score (nSPS) is 34.4. The van der Waals surface area contributed by atoms with Gasteiger partial charge in [0.25, 0.3) is 0 Å². The molecule has 150 valence electrons. The predicted molar refractivity (Wildman–Crippen MR) is 102 cm³/mol. The van der Waals surface area contributed by atoms with E-state index in [-0.39, 0.29) is 29.9 Å². The summed E-state index contributed by atoms with van der Waals surface area (Å²) >= 11 is 0. The number of ether oxygens (including phenoxy) is 2. The van der Waals surface area contributed by atoms with Crippen LogP contribution in [0.4, 0.5) is 0 Å². The number of esters is 2. The molecular weight excluding hydrogens is 344 g/mol. The van der Waals surface area contributed by atoms with Crippen LogP contribution in [0, 0.1) is 29.6 Å². The molecule has 5 nitrogen and oxygen atoms in total. The van der Waals surface area contributed by atoms with Crippen molar-refractivity contribution < 1.29 is 24.2 Å². The third-order valence-electron chi connectivity index (χ3n) is 6.24. The standard InChI is InChI=1S/C22H32O5/c1-12(7-6-8-22(4,5)25)19-17-11-26-21(24)20(17)16-10-15(16)13(2)9-18(19)27-14(3)23/h6,8,12-13,15-16,18-19,25H,7,9-11H2,1-5H3/b8-6+/t12-,13-,15+,16+,18?,19+/m0/s1. The maximum Gasteiger partial charge on any atom is 0.334 e. The van der Waals surface area contributed by atoms with E-state index in [1.807, 2.05) is 6.08 Å². The van der Waals surface area contributed by atoms with Gasteiger partial charge in [-0.2, -0.15) is 0 Å². The van der Waals surface area contributed by atoms with Crippen LogP contribution in [0.25, 0.3) is 0 Å². The second-order valence-electron chi connectivity index (χ2n) is 9.18. The van der Waals surface area contributed by atoms with Gasteiger partial charge in [0.1, 0.15) is 12.7 Å². The van der Waals surface area contributed by atoms with E-state index in [4.69, 9.17) is 9.47 Å². The van der Waals surface area contributed by atoms with Crippen LogP contribution in [0.5, 0.6) is 0 Å². The van der Waals surface area contributed by atoms with Crippen LogP contribution in [-0.4, -0.2) is 35.4 Å². The lowest BCUT2D eigenvalue weighted by molar-refractivity contribution is -0.150. The van der Waals surface area contributed by atoms with Crippen molar-refractivity contribution in [2.24, 2.45) is 29.6 Å². The van der Waals surface area contributed by atoms with Gasteiger partial charge in [0, 0.05) is 18.4 Å². The average Bonchev–Trinajstić information content (AvgIpc) is 3.21. The number of hydrogen-bond acceptors (Lipinski definition) is 5. The lowest BCUT2D eigenvalue weighted by atomic mass is 9.74. The summed E-state index contributed by atoms with van der Waals surface area (Å²) in [6, 6.07) is 0. The molecule has 3 aliphatic rings. The lowest BCUT2D eigenvalue weighted by Gasteiger charge is -2.35. The molecule has 2 aliphatic carbocycles. The van der Waals surface area contributed by atoms with Gasteiger partial charge >= 0.3 is 11.9 Å². The van der Waals surface area contributed by atoms with E-state index < -0.39 is 5.60 Å². The van der Waals surface area contributed by atoms with E-state index >= 15 is 0 Å². The maximum atomic E-state index is 12.4. The second kappa shape index (κ2) is 7.42. The molecule has 3 rings (SSSR count). The fourth-order valence-electron chi connectivity index (χ4n) is 4.95. The number of cyclic esters (lactones) is 1. The minimum atomic E-state index is -0.859. The first-order valence-electron chi connectivity index (χ1n) is 10.1. The Bertz CT molecular complexity index is 669. The van der Waals surface area contributed by atoms with Crippen molar-refractivity contribution in [2.45, 2.75) is 65.6 Å². The fourth-order valence-corrected chi connectivity index (χ4v) is 4.95. The highest BCUT2D eigenvalue weighted by atomic mass is 16.5. The van der Waals surface area contributed by atoms with Gasteiger partial charge in [0.15, 0.2) is 0 Å². The summed E-state index contributed by atoms with van der Waals surface area (Å²) in [6.45, 7) is 9.57. The summed E-state index contributed by atoms with van der Waals surface area (Å²) in [6.07, 6.45) is 6.11. The van der Waals surface area contributed by atoms with Crippen molar-refractivity contribution in [1.29, 1.82) is 0 Å². The van der Waals surface area contributed by atoms with E-state index in [0.717, 1.165) is 30.4 Å². The minimum absolute atomic E-state index is 0.0363. The number of carbonyl (C=O) groups is 2. The number of allylic oxidation sites excluding steroid dienone is 1. The summed E-state index contributed by atoms with van der Waals surface area (Å²) in [5, 5.41) is 9.92. The molecule has 1 aliphatic heterocycles. The molecule has 0 spiro atoms. The Labute approximate surface area is 161 Å². The topological polar surface area (TPSA) is 72.8 Å². The monoisotopic (exact) mass is 376 g/mol. The molecule has 0 aromatic carbocycles. The molecule has 1 fully saturated rings. The molecule has 0 amide bonds. The number of aliphatic hydroxyl groups is 1. The van der Waals surface area contributed by atoms with Crippen molar-refractivity contribution in [1.82, 2.24) is 0 Å². The van der Waals surface area contributed by atoms with Gasteiger partial charge < -0.3 is 14.6 Å². The zero-order valence-electron chi connectivity index (χ0n) is 17.0. The predicted octanol–water partition coefficient (Wildman–Crippen LogP) is 3.42. The van der Waals surface area contributed by atoms with Gasteiger partial charge in [-0.25, -0.2) is 4.79 Å². The summed E-state index contributed by atoms with van der Waals surface area (Å²) in [5.41, 5.74) is 1.03. The largest absolute Gasteiger partial charge is 0.462 e. The van der Waals surface area contributed by atoms with Gasteiger partial charge in [0.2, 0.25) is 0 Å². The van der Waals surface area contributed by atoms with Crippen molar-refractivity contribution in [2.75, 3.05) is 6.61 Å². The van der Waals surface area contributed by atoms with Crippen LogP contribution in [0.15, 0.2) is 23.3 Å². The number of rotatable bonds is 5. The molecule has 0 aromatic rings. The van der Waals surface area contributed by atoms with Crippen molar-refractivity contribution in [3.8, 4) is 0 Å². The lowest BCUT2D eigenvalue weighted by Crippen LogP contribution is -2.36. The van der Waals surface area contributed by atoms with Crippen LogP contribution in [0.2, 0.25) is 0 Å². The molecule has 6 atom stereocenters. The number of hydrogen-bond donors (Lipinski definition) is 1. The molecule has 1 N–H and O–H groups in total.